The predicted octanol–water partition coefficient (Wildman–Crippen LogP) is 0.981. The van der Waals surface area contributed by atoms with Gasteiger partial charge in [-0.25, -0.2) is 9.78 Å². The number of hydrogen-bond donors (Lipinski definition) is 3. The van der Waals surface area contributed by atoms with E-state index in [4.69, 9.17) is 16.7 Å². The van der Waals surface area contributed by atoms with Crippen LogP contribution in [0.2, 0.25) is 5.02 Å². The van der Waals surface area contributed by atoms with Gasteiger partial charge in [0.15, 0.2) is 0 Å². The van der Waals surface area contributed by atoms with Gasteiger partial charge in [0.2, 0.25) is 5.91 Å². The van der Waals surface area contributed by atoms with Gasteiger partial charge in [-0.15, -0.1) is 0 Å². The monoisotopic (exact) mass is 257 g/mol. The molecule has 1 aromatic rings. The molecule has 0 aromatic carbocycles. The number of pyridine rings is 1. The quantitative estimate of drug-likeness (QED) is 0.731. The Bertz CT molecular complexity index is 437. The lowest BCUT2D eigenvalue weighted by Gasteiger charge is -2.06. The molecule has 0 saturated carbocycles. The highest BCUT2D eigenvalue weighted by molar-refractivity contribution is 6.33. The van der Waals surface area contributed by atoms with Crippen LogP contribution >= 0.6 is 11.6 Å². The Labute approximate surface area is 103 Å². The van der Waals surface area contributed by atoms with E-state index in [2.05, 4.69) is 15.6 Å². The van der Waals surface area contributed by atoms with Crippen LogP contribution in [0.15, 0.2) is 12.3 Å². The lowest BCUT2D eigenvalue weighted by Crippen LogP contribution is -2.21. The third-order valence-electron chi connectivity index (χ3n) is 2.02. The zero-order valence-corrected chi connectivity index (χ0v) is 9.91. The summed E-state index contributed by atoms with van der Waals surface area (Å²) in [6.45, 7) is 0.368. The summed E-state index contributed by atoms with van der Waals surface area (Å²) in [7, 11) is 1.55. The van der Waals surface area contributed by atoms with Gasteiger partial charge in [0, 0.05) is 26.2 Å². The molecule has 1 aromatic heterocycles. The smallest absolute Gasteiger partial charge is 0.337 e. The Kier molecular flexibility index (Phi) is 4.71. The van der Waals surface area contributed by atoms with E-state index in [-0.39, 0.29) is 22.9 Å². The van der Waals surface area contributed by atoms with Crippen molar-refractivity contribution in [1.82, 2.24) is 10.3 Å². The van der Waals surface area contributed by atoms with Gasteiger partial charge in [0.25, 0.3) is 0 Å². The molecular formula is C10H12ClN3O3. The highest BCUT2D eigenvalue weighted by atomic mass is 35.5. The fraction of sp³-hybridized carbons (Fsp3) is 0.300. The molecule has 92 valence electrons. The number of rotatable bonds is 5. The Balaban J connectivity index is 2.63. The van der Waals surface area contributed by atoms with E-state index in [0.29, 0.717) is 12.4 Å². The lowest BCUT2D eigenvalue weighted by molar-refractivity contribution is -0.120. The number of carbonyl (C=O) groups excluding carboxylic acids is 1. The highest BCUT2D eigenvalue weighted by Gasteiger charge is 2.10. The van der Waals surface area contributed by atoms with E-state index < -0.39 is 5.97 Å². The van der Waals surface area contributed by atoms with Gasteiger partial charge in [-0.1, -0.05) is 11.6 Å². The highest BCUT2D eigenvalue weighted by Crippen LogP contribution is 2.17. The third kappa shape index (κ3) is 3.92. The van der Waals surface area contributed by atoms with Crippen molar-refractivity contribution in [2.75, 3.05) is 18.9 Å². The summed E-state index contributed by atoms with van der Waals surface area (Å²) >= 11 is 5.66. The van der Waals surface area contributed by atoms with Crippen LogP contribution in [0.4, 0.5) is 5.82 Å². The third-order valence-corrected chi connectivity index (χ3v) is 2.32. The van der Waals surface area contributed by atoms with Gasteiger partial charge in [-0.2, -0.15) is 0 Å². The SMILES string of the molecule is CNC(=O)CCNc1cc(C(=O)O)c(Cl)cn1. The normalized spacial score (nSPS) is 9.76. The Morgan fingerprint density at radius 3 is 2.82 bits per heavy atom. The van der Waals surface area contributed by atoms with Gasteiger partial charge < -0.3 is 15.7 Å². The molecular weight excluding hydrogens is 246 g/mol. The molecule has 0 atom stereocenters. The summed E-state index contributed by atoms with van der Waals surface area (Å²) in [5.74, 6) is -0.854. The molecule has 0 aliphatic heterocycles. The van der Waals surface area contributed by atoms with E-state index in [1.54, 1.807) is 7.05 Å². The minimum Gasteiger partial charge on any atom is -0.478 e. The summed E-state index contributed by atoms with van der Waals surface area (Å²) in [5, 5.41) is 14.2. The van der Waals surface area contributed by atoms with Crippen LogP contribution in [0.3, 0.4) is 0 Å². The van der Waals surface area contributed by atoms with E-state index in [1.165, 1.54) is 12.3 Å². The zero-order chi connectivity index (χ0) is 12.8. The largest absolute Gasteiger partial charge is 0.478 e. The molecule has 0 saturated heterocycles. The number of carbonyl (C=O) groups is 2. The molecule has 6 nitrogen and oxygen atoms in total. The minimum absolute atomic E-state index is 0.0240. The summed E-state index contributed by atoms with van der Waals surface area (Å²) in [4.78, 5) is 25.6. The number of carboxylic acid groups (broad SMARTS) is 1. The molecule has 1 amide bonds. The van der Waals surface area contributed by atoms with Crippen LogP contribution in [0, 0.1) is 0 Å². The fourth-order valence-electron chi connectivity index (χ4n) is 1.13. The van der Waals surface area contributed by atoms with Gasteiger partial charge in [-0.05, 0) is 6.07 Å². The Hall–Kier alpha value is -1.82. The first-order valence-corrected chi connectivity index (χ1v) is 5.25. The first-order chi connectivity index (χ1) is 8.04. The predicted molar refractivity (Wildman–Crippen MR) is 63.4 cm³/mol. The number of carboxylic acids is 1. The Morgan fingerprint density at radius 1 is 1.53 bits per heavy atom. The molecule has 0 unspecified atom stereocenters. The average Bonchev–Trinajstić information content (AvgIpc) is 2.30. The van der Waals surface area contributed by atoms with Gasteiger partial charge in [0.05, 0.1) is 10.6 Å². The summed E-state index contributed by atoms with van der Waals surface area (Å²) < 4.78 is 0. The number of amides is 1. The van der Waals surface area contributed by atoms with Crippen molar-refractivity contribution in [2.24, 2.45) is 0 Å². The zero-order valence-electron chi connectivity index (χ0n) is 9.16. The van der Waals surface area contributed by atoms with Crippen LogP contribution < -0.4 is 10.6 Å². The fourth-order valence-corrected chi connectivity index (χ4v) is 1.31. The molecule has 17 heavy (non-hydrogen) atoms. The molecule has 7 heteroatoms. The lowest BCUT2D eigenvalue weighted by atomic mass is 10.2. The number of aromatic nitrogens is 1. The van der Waals surface area contributed by atoms with E-state index >= 15 is 0 Å². The number of nitrogens with one attached hydrogen (secondary N) is 2. The molecule has 0 fully saturated rings. The van der Waals surface area contributed by atoms with Crippen molar-refractivity contribution in [2.45, 2.75) is 6.42 Å². The Morgan fingerprint density at radius 2 is 2.24 bits per heavy atom. The molecule has 3 N–H and O–H groups in total. The molecule has 0 aliphatic rings. The van der Waals surface area contributed by atoms with Crippen molar-refractivity contribution in [3.8, 4) is 0 Å². The van der Waals surface area contributed by atoms with E-state index in [0.717, 1.165) is 0 Å². The maximum Gasteiger partial charge on any atom is 0.337 e. The van der Waals surface area contributed by atoms with E-state index in [1.807, 2.05) is 0 Å². The van der Waals surface area contributed by atoms with E-state index in [9.17, 15) is 9.59 Å². The number of halogens is 1. The molecule has 0 bridgehead atoms. The van der Waals surface area contributed by atoms with Gasteiger partial charge in [-0.3, -0.25) is 4.79 Å². The van der Waals surface area contributed by atoms with Crippen LogP contribution in [-0.2, 0) is 4.79 Å². The van der Waals surface area contributed by atoms with Crippen molar-refractivity contribution < 1.29 is 14.7 Å². The van der Waals surface area contributed by atoms with Crippen molar-refractivity contribution in [3.05, 3.63) is 22.8 Å². The summed E-state index contributed by atoms with van der Waals surface area (Å²) in [5.41, 5.74) is -0.0240. The van der Waals surface area contributed by atoms with Crippen molar-refractivity contribution in [1.29, 1.82) is 0 Å². The van der Waals surface area contributed by atoms with Crippen LogP contribution in [-0.4, -0.2) is 35.6 Å². The molecule has 0 radical (unpaired) electrons. The molecule has 0 spiro atoms. The van der Waals surface area contributed by atoms with Crippen LogP contribution in [0.1, 0.15) is 16.8 Å². The summed E-state index contributed by atoms with van der Waals surface area (Å²) in [6.07, 6.45) is 1.54. The van der Waals surface area contributed by atoms with Gasteiger partial charge >= 0.3 is 5.97 Å². The second-order valence-corrected chi connectivity index (χ2v) is 3.61. The topological polar surface area (TPSA) is 91.3 Å². The number of hydrogen-bond acceptors (Lipinski definition) is 4. The number of nitrogens with zero attached hydrogens (tertiary/aromatic N) is 1. The first kappa shape index (κ1) is 13.2. The summed E-state index contributed by atoms with van der Waals surface area (Å²) in [6, 6.07) is 1.33. The number of anilines is 1. The second kappa shape index (κ2) is 6.05. The van der Waals surface area contributed by atoms with Crippen molar-refractivity contribution in [3.63, 3.8) is 0 Å². The standard InChI is InChI=1S/C10H12ClN3O3/c1-12-9(15)2-3-13-8-4-6(10(16)17)7(11)5-14-8/h4-5H,2-3H2,1H3,(H,12,15)(H,13,14)(H,16,17). The first-order valence-electron chi connectivity index (χ1n) is 4.88. The molecule has 1 rings (SSSR count). The van der Waals surface area contributed by atoms with Crippen molar-refractivity contribution >= 4 is 29.3 Å². The van der Waals surface area contributed by atoms with Crippen LogP contribution in [0.25, 0.3) is 0 Å². The maximum atomic E-state index is 10.9. The molecule has 1 heterocycles. The van der Waals surface area contributed by atoms with Gasteiger partial charge in [0.1, 0.15) is 5.82 Å². The number of aromatic carboxylic acids is 1. The average molecular weight is 258 g/mol. The van der Waals surface area contributed by atoms with Crippen LogP contribution in [0.5, 0.6) is 0 Å². The maximum absolute atomic E-state index is 10.9. The molecule has 0 aliphatic carbocycles. The second-order valence-electron chi connectivity index (χ2n) is 3.20. The minimum atomic E-state index is -1.12.